The Morgan fingerprint density at radius 2 is 2.21 bits per heavy atom. The van der Waals surface area contributed by atoms with Gasteiger partial charge in [0.1, 0.15) is 13.3 Å². The summed E-state index contributed by atoms with van der Waals surface area (Å²) in [4.78, 5) is 10.8. The Morgan fingerprint density at radius 3 is 2.57 bits per heavy atom. The minimum Gasteiger partial charge on any atom is -0.480 e. The van der Waals surface area contributed by atoms with Crippen LogP contribution in [0, 0.1) is 0 Å². The molecule has 6 heteroatoms. The van der Waals surface area contributed by atoms with E-state index in [4.69, 9.17) is 15.9 Å². The Morgan fingerprint density at radius 1 is 1.64 bits per heavy atom. The van der Waals surface area contributed by atoms with Gasteiger partial charge in [-0.05, 0) is 12.8 Å². The lowest BCUT2D eigenvalue weighted by Gasteiger charge is -2.22. The Balaban J connectivity index is 4.30. The van der Waals surface area contributed by atoms with Gasteiger partial charge in [0.05, 0.1) is 6.35 Å². The fourth-order valence-electron chi connectivity index (χ4n) is 0.995. The van der Waals surface area contributed by atoms with Gasteiger partial charge in [0.25, 0.3) is 0 Å². The van der Waals surface area contributed by atoms with E-state index >= 15 is 0 Å². The van der Waals surface area contributed by atoms with E-state index in [0.717, 1.165) is 0 Å². The monoisotopic (exact) mass is 221 g/mol. The number of rotatable bonds is 7. The lowest BCUT2D eigenvalue weighted by molar-refractivity contribution is -0.143. The molecule has 5 nitrogen and oxygen atoms in total. The second kappa shape index (κ2) is 5.96. The van der Waals surface area contributed by atoms with Gasteiger partial charge in [0.15, 0.2) is 0 Å². The second-order valence-electron chi connectivity index (χ2n) is 3.15. The van der Waals surface area contributed by atoms with Crippen molar-refractivity contribution in [3.05, 3.63) is 12.7 Å². The van der Waals surface area contributed by atoms with Crippen LogP contribution in [0.15, 0.2) is 12.7 Å². The molecule has 0 saturated carbocycles. The van der Waals surface area contributed by atoms with E-state index < -0.39 is 25.7 Å². The molecule has 0 saturated heterocycles. The van der Waals surface area contributed by atoms with E-state index in [0.29, 0.717) is 0 Å². The normalized spacial score (nSPS) is 17.0. The molecule has 0 aliphatic heterocycles. The van der Waals surface area contributed by atoms with E-state index in [1.54, 1.807) is 0 Å². The highest BCUT2D eigenvalue weighted by atomic mass is 31.1. The molecule has 0 spiro atoms. The first kappa shape index (κ1) is 13.4. The van der Waals surface area contributed by atoms with E-state index in [2.05, 4.69) is 6.58 Å². The number of nitrogens with two attached hydrogens (primary N) is 1. The summed E-state index contributed by atoms with van der Waals surface area (Å²) in [6, 6.07) is 0. The minimum atomic E-state index is -2.08. The van der Waals surface area contributed by atoms with Crippen LogP contribution in [0.5, 0.6) is 0 Å². The van der Waals surface area contributed by atoms with E-state index in [9.17, 15) is 9.36 Å². The number of hydrogen-bond acceptors (Lipinski definition) is 4. The molecule has 0 aliphatic carbocycles. The van der Waals surface area contributed by atoms with Crippen molar-refractivity contribution in [2.24, 2.45) is 5.73 Å². The Hall–Kier alpha value is -0.640. The second-order valence-corrected chi connectivity index (χ2v) is 5.04. The number of hydrogen-bond donors (Lipinski definition) is 3. The number of aliphatic hydroxyl groups is 1. The van der Waals surface area contributed by atoms with Crippen molar-refractivity contribution >= 4 is 13.8 Å². The van der Waals surface area contributed by atoms with E-state index in [1.165, 1.54) is 6.08 Å². The van der Waals surface area contributed by atoms with E-state index in [-0.39, 0.29) is 19.0 Å². The highest BCUT2D eigenvalue weighted by molar-refractivity contribution is 7.44. The van der Waals surface area contributed by atoms with Crippen molar-refractivity contribution in [3.8, 4) is 0 Å². The lowest BCUT2D eigenvalue weighted by Crippen LogP contribution is -2.48. The van der Waals surface area contributed by atoms with Crippen LogP contribution in [-0.2, 0) is 9.36 Å². The molecule has 0 aromatic rings. The zero-order valence-electron chi connectivity index (χ0n) is 7.90. The molecule has 2 unspecified atom stereocenters. The van der Waals surface area contributed by atoms with Crippen LogP contribution < -0.4 is 5.73 Å². The van der Waals surface area contributed by atoms with Crippen LogP contribution in [0.1, 0.15) is 12.8 Å². The molecule has 0 heterocycles. The van der Waals surface area contributed by atoms with Gasteiger partial charge in [-0.15, -0.1) is 6.58 Å². The SMILES string of the molecule is C=CCC(N)(CC[PH](=O)CO)C(=O)O. The highest BCUT2D eigenvalue weighted by Gasteiger charge is 2.32. The first-order valence-corrected chi connectivity index (χ1v) is 6.04. The zero-order chi connectivity index (χ0) is 11.2. The predicted molar refractivity (Wildman–Crippen MR) is 54.9 cm³/mol. The summed E-state index contributed by atoms with van der Waals surface area (Å²) in [6.45, 7) is 3.41. The molecule has 0 fully saturated rings. The van der Waals surface area contributed by atoms with Crippen LogP contribution in [0.3, 0.4) is 0 Å². The molecule has 82 valence electrons. The molecular formula is C8H16NO4P. The quantitative estimate of drug-likeness (QED) is 0.422. The summed E-state index contributed by atoms with van der Waals surface area (Å²) in [7, 11) is -2.08. The van der Waals surface area contributed by atoms with Gasteiger partial charge in [-0.1, -0.05) is 6.08 Å². The Bertz CT molecular complexity index is 243. The third-order valence-corrected chi connectivity index (χ3v) is 3.12. The maximum atomic E-state index is 10.9. The van der Waals surface area contributed by atoms with Crippen molar-refractivity contribution in [3.63, 3.8) is 0 Å². The van der Waals surface area contributed by atoms with Crippen molar-refractivity contribution in [2.75, 3.05) is 12.5 Å². The maximum Gasteiger partial charge on any atom is 0.324 e. The molecule has 0 bridgehead atoms. The smallest absolute Gasteiger partial charge is 0.324 e. The first-order valence-electron chi connectivity index (χ1n) is 4.22. The Labute approximate surface area is 83.4 Å². The number of aliphatic carboxylic acids is 1. The first-order chi connectivity index (χ1) is 6.46. The summed E-state index contributed by atoms with van der Waals surface area (Å²) < 4.78 is 10.9. The number of aliphatic hydroxyl groups excluding tert-OH is 1. The molecule has 0 aliphatic rings. The molecule has 0 rings (SSSR count). The third kappa shape index (κ3) is 4.05. The Kier molecular flexibility index (Phi) is 5.69. The molecular weight excluding hydrogens is 205 g/mol. The van der Waals surface area contributed by atoms with Gasteiger partial charge in [0.2, 0.25) is 0 Å². The van der Waals surface area contributed by atoms with Gasteiger partial charge in [-0.3, -0.25) is 4.79 Å². The molecule has 0 aromatic heterocycles. The largest absolute Gasteiger partial charge is 0.480 e. The summed E-state index contributed by atoms with van der Waals surface area (Å²) >= 11 is 0. The van der Waals surface area contributed by atoms with Crippen LogP contribution >= 0.6 is 7.80 Å². The molecule has 0 aromatic carbocycles. The van der Waals surface area contributed by atoms with Crippen molar-refractivity contribution < 1.29 is 19.6 Å². The summed E-state index contributed by atoms with van der Waals surface area (Å²) in [5, 5.41) is 17.3. The molecule has 4 N–H and O–H groups in total. The van der Waals surface area contributed by atoms with E-state index in [1.807, 2.05) is 0 Å². The molecule has 14 heavy (non-hydrogen) atoms. The fraction of sp³-hybridized carbons (Fsp3) is 0.625. The summed E-state index contributed by atoms with van der Waals surface area (Å²) in [5.74, 6) is -1.13. The van der Waals surface area contributed by atoms with Gasteiger partial charge in [-0.25, -0.2) is 0 Å². The van der Waals surface area contributed by atoms with Crippen LogP contribution in [0.2, 0.25) is 0 Å². The number of carboxylic acids is 1. The number of carbonyl (C=O) groups is 1. The van der Waals surface area contributed by atoms with Gasteiger partial charge in [-0.2, -0.15) is 0 Å². The third-order valence-electron chi connectivity index (χ3n) is 1.96. The topological polar surface area (TPSA) is 101 Å². The van der Waals surface area contributed by atoms with Crippen LogP contribution in [0.25, 0.3) is 0 Å². The van der Waals surface area contributed by atoms with Crippen molar-refractivity contribution in [1.82, 2.24) is 0 Å². The average Bonchev–Trinajstić information content (AvgIpc) is 2.14. The average molecular weight is 221 g/mol. The van der Waals surface area contributed by atoms with Gasteiger partial charge in [0, 0.05) is 6.16 Å². The summed E-state index contributed by atoms with van der Waals surface area (Å²) in [5.41, 5.74) is 4.17. The van der Waals surface area contributed by atoms with Gasteiger partial charge >= 0.3 is 5.97 Å². The van der Waals surface area contributed by atoms with Crippen molar-refractivity contribution in [1.29, 1.82) is 0 Å². The molecule has 0 amide bonds. The zero-order valence-corrected chi connectivity index (χ0v) is 8.90. The van der Waals surface area contributed by atoms with Crippen molar-refractivity contribution in [2.45, 2.75) is 18.4 Å². The van der Waals surface area contributed by atoms with Gasteiger partial charge < -0.3 is 20.5 Å². The minimum absolute atomic E-state index is 0.0900. The van der Waals surface area contributed by atoms with Crippen LogP contribution in [-0.4, -0.2) is 34.2 Å². The summed E-state index contributed by atoms with van der Waals surface area (Å²) in [6.07, 6.45) is 1.40. The van der Waals surface area contributed by atoms with Crippen LogP contribution in [0.4, 0.5) is 0 Å². The standard InChI is InChI=1S/C8H16NO4P/c1-2-3-8(9,7(11)12)4-5-14(13)6-10/h2,10,14H,1,3-6,9H2,(H,11,12). The predicted octanol–water partition coefficient (Wildman–Crippen LogP) is 0.244. The molecule has 2 atom stereocenters. The lowest BCUT2D eigenvalue weighted by atomic mass is 9.94. The highest BCUT2D eigenvalue weighted by Crippen LogP contribution is 2.24. The molecule has 0 radical (unpaired) electrons. The maximum absolute atomic E-state index is 10.9. The number of carboxylic acid groups (broad SMARTS) is 1. The fourth-order valence-corrected chi connectivity index (χ4v) is 1.88.